The molecule has 9 heteroatoms. The van der Waals surface area contributed by atoms with Crippen molar-refractivity contribution < 1.29 is 27.8 Å². The Morgan fingerprint density at radius 1 is 1.15 bits per heavy atom. The molecule has 0 aliphatic carbocycles. The highest BCUT2D eigenvalue weighted by molar-refractivity contribution is 5.98. The van der Waals surface area contributed by atoms with Gasteiger partial charge in [-0.3, -0.25) is 4.79 Å². The van der Waals surface area contributed by atoms with Crippen molar-refractivity contribution >= 4 is 5.91 Å². The molecule has 1 amide bonds. The lowest BCUT2D eigenvalue weighted by molar-refractivity contribution is -0.137. The molecule has 0 bridgehead atoms. The second-order valence-electron chi connectivity index (χ2n) is 8.77. The number of nitrogens with zero attached hydrogens (tertiary/aromatic N) is 2. The summed E-state index contributed by atoms with van der Waals surface area (Å²) in [5.74, 6) is -0.720. The Kier molecular flexibility index (Phi) is 7.07. The molecule has 1 aromatic heterocycles. The molecule has 0 fully saturated rings. The number of aromatic nitrogens is 2. The fourth-order valence-corrected chi connectivity index (χ4v) is 3.63. The number of halogens is 3. The summed E-state index contributed by atoms with van der Waals surface area (Å²) in [6.45, 7) is 7.25. The zero-order valence-corrected chi connectivity index (χ0v) is 19.7. The predicted octanol–water partition coefficient (Wildman–Crippen LogP) is 5.05. The number of aryl methyl sites for hydroxylation is 3. The number of aliphatic hydroxyl groups is 1. The van der Waals surface area contributed by atoms with Gasteiger partial charge in [-0.15, -0.1) is 0 Å². The molecule has 3 aromatic rings. The second-order valence-corrected chi connectivity index (χ2v) is 8.77. The van der Waals surface area contributed by atoms with Crippen molar-refractivity contribution in [2.24, 2.45) is 7.05 Å². The summed E-state index contributed by atoms with van der Waals surface area (Å²) in [7, 11) is 1.49. The van der Waals surface area contributed by atoms with Crippen LogP contribution < -0.4 is 10.1 Å². The molecule has 182 valence electrons. The first-order chi connectivity index (χ1) is 15.8. The fraction of sp³-hybridized carbons (Fsp3) is 0.360. The van der Waals surface area contributed by atoms with E-state index in [0.717, 1.165) is 28.8 Å². The molecule has 0 radical (unpaired) electrons. The number of carbonyl (C=O) groups excluding carboxylic acids is 1. The third-order valence-corrected chi connectivity index (χ3v) is 5.36. The van der Waals surface area contributed by atoms with Gasteiger partial charge in [-0.2, -0.15) is 18.3 Å². The van der Waals surface area contributed by atoms with Crippen LogP contribution in [0.15, 0.2) is 42.5 Å². The minimum atomic E-state index is -4.54. The standard InChI is InChI=1S/C25H28F3N3O3/c1-15-9-10-17(16(2)13-15)11-12-29-22(32)20-21(24(3,4)33)30-31(5)23(20)34-19-8-6-7-18(14-19)25(26,27)28/h6-10,13-14,33H,11-12H2,1-5H3,(H,29,32). The third-order valence-electron chi connectivity index (χ3n) is 5.36. The molecule has 0 unspecified atom stereocenters. The van der Waals surface area contributed by atoms with Gasteiger partial charge in [0.25, 0.3) is 5.91 Å². The number of nitrogens with one attached hydrogen (secondary N) is 1. The van der Waals surface area contributed by atoms with E-state index >= 15 is 0 Å². The zero-order valence-electron chi connectivity index (χ0n) is 19.7. The lowest BCUT2D eigenvalue weighted by atomic mass is 10.0. The summed E-state index contributed by atoms with van der Waals surface area (Å²) >= 11 is 0. The Morgan fingerprint density at radius 3 is 2.47 bits per heavy atom. The van der Waals surface area contributed by atoms with E-state index in [1.165, 1.54) is 37.7 Å². The first-order valence-corrected chi connectivity index (χ1v) is 10.8. The molecule has 0 saturated carbocycles. The summed E-state index contributed by atoms with van der Waals surface area (Å²) < 4.78 is 46.3. The average Bonchev–Trinajstić information content (AvgIpc) is 3.06. The maximum Gasteiger partial charge on any atom is 0.416 e. The molecule has 2 aromatic carbocycles. The molecular formula is C25H28F3N3O3. The Morgan fingerprint density at radius 2 is 1.85 bits per heavy atom. The monoisotopic (exact) mass is 475 g/mol. The van der Waals surface area contributed by atoms with Crippen molar-refractivity contribution in [3.63, 3.8) is 0 Å². The summed E-state index contributed by atoms with van der Waals surface area (Å²) in [5.41, 5.74) is 0.991. The van der Waals surface area contributed by atoms with E-state index in [1.54, 1.807) is 0 Å². The van der Waals surface area contributed by atoms with Gasteiger partial charge < -0.3 is 15.2 Å². The Bertz CT molecular complexity index is 1190. The van der Waals surface area contributed by atoms with Crippen LogP contribution in [0.1, 0.15) is 52.2 Å². The number of hydrogen-bond acceptors (Lipinski definition) is 4. The molecule has 2 N–H and O–H groups in total. The number of benzene rings is 2. The molecule has 34 heavy (non-hydrogen) atoms. The van der Waals surface area contributed by atoms with Gasteiger partial charge in [0, 0.05) is 13.6 Å². The summed E-state index contributed by atoms with van der Waals surface area (Å²) in [6, 6.07) is 10.4. The average molecular weight is 476 g/mol. The lowest BCUT2D eigenvalue weighted by Gasteiger charge is -2.17. The first kappa shape index (κ1) is 25.3. The van der Waals surface area contributed by atoms with Gasteiger partial charge in [-0.25, -0.2) is 4.68 Å². The maximum absolute atomic E-state index is 13.2. The fourth-order valence-electron chi connectivity index (χ4n) is 3.63. The predicted molar refractivity (Wildman–Crippen MR) is 122 cm³/mol. The van der Waals surface area contributed by atoms with Crippen LogP contribution in [0.4, 0.5) is 13.2 Å². The molecule has 0 aliphatic rings. The van der Waals surface area contributed by atoms with Crippen molar-refractivity contribution in [2.75, 3.05) is 6.54 Å². The van der Waals surface area contributed by atoms with Crippen LogP contribution >= 0.6 is 0 Å². The molecule has 0 atom stereocenters. The first-order valence-electron chi connectivity index (χ1n) is 10.8. The summed E-state index contributed by atoms with van der Waals surface area (Å²) in [6.07, 6.45) is -3.96. The number of carbonyl (C=O) groups is 1. The van der Waals surface area contributed by atoms with Crippen LogP contribution in [-0.4, -0.2) is 27.3 Å². The van der Waals surface area contributed by atoms with Crippen LogP contribution in [0, 0.1) is 13.8 Å². The van der Waals surface area contributed by atoms with Gasteiger partial charge >= 0.3 is 6.18 Å². The van der Waals surface area contributed by atoms with E-state index in [2.05, 4.69) is 16.5 Å². The van der Waals surface area contributed by atoms with Gasteiger partial charge in [0.2, 0.25) is 5.88 Å². The van der Waals surface area contributed by atoms with Gasteiger partial charge in [0.15, 0.2) is 0 Å². The van der Waals surface area contributed by atoms with Crippen molar-refractivity contribution in [2.45, 2.75) is 45.9 Å². The Hall–Kier alpha value is -3.33. The summed E-state index contributed by atoms with van der Waals surface area (Å²) in [4.78, 5) is 13.2. The lowest BCUT2D eigenvalue weighted by Crippen LogP contribution is -2.29. The summed E-state index contributed by atoms with van der Waals surface area (Å²) in [5, 5.41) is 17.6. The highest BCUT2D eigenvalue weighted by atomic mass is 19.4. The van der Waals surface area contributed by atoms with Crippen LogP contribution in [0.2, 0.25) is 0 Å². The molecule has 0 saturated heterocycles. The second kappa shape index (κ2) is 9.50. The number of ether oxygens (including phenoxy) is 1. The Balaban J connectivity index is 1.89. The van der Waals surface area contributed by atoms with Crippen molar-refractivity contribution in [3.05, 3.63) is 76.0 Å². The van der Waals surface area contributed by atoms with Gasteiger partial charge in [0.1, 0.15) is 22.6 Å². The SMILES string of the molecule is Cc1ccc(CCNC(=O)c2c(C(C)(C)O)nn(C)c2Oc2cccc(C(F)(F)F)c2)c(C)c1. The van der Waals surface area contributed by atoms with Crippen LogP contribution in [0.5, 0.6) is 11.6 Å². The maximum atomic E-state index is 13.2. The minimum absolute atomic E-state index is 0.0342. The van der Waals surface area contributed by atoms with Crippen LogP contribution in [-0.2, 0) is 25.2 Å². The molecular weight excluding hydrogens is 447 g/mol. The van der Waals surface area contributed by atoms with Gasteiger partial charge in [-0.1, -0.05) is 29.8 Å². The van der Waals surface area contributed by atoms with Crippen LogP contribution in [0.25, 0.3) is 0 Å². The van der Waals surface area contributed by atoms with E-state index in [9.17, 15) is 23.1 Å². The number of alkyl halides is 3. The zero-order chi connectivity index (χ0) is 25.3. The van der Waals surface area contributed by atoms with E-state index in [1.807, 2.05) is 26.0 Å². The van der Waals surface area contributed by atoms with E-state index < -0.39 is 23.2 Å². The number of amides is 1. The highest BCUT2D eigenvalue weighted by Gasteiger charge is 2.34. The molecule has 0 aliphatic heterocycles. The van der Waals surface area contributed by atoms with Crippen molar-refractivity contribution in [1.82, 2.24) is 15.1 Å². The molecule has 3 rings (SSSR count). The topological polar surface area (TPSA) is 76.4 Å². The van der Waals surface area contributed by atoms with Crippen LogP contribution in [0.3, 0.4) is 0 Å². The van der Waals surface area contributed by atoms with Gasteiger partial charge in [-0.05, 0) is 63.4 Å². The van der Waals surface area contributed by atoms with Crippen molar-refractivity contribution in [3.8, 4) is 11.6 Å². The quantitative estimate of drug-likeness (QED) is 0.502. The van der Waals surface area contributed by atoms with Crippen molar-refractivity contribution in [1.29, 1.82) is 0 Å². The third kappa shape index (κ3) is 5.77. The highest BCUT2D eigenvalue weighted by Crippen LogP contribution is 2.35. The minimum Gasteiger partial charge on any atom is -0.438 e. The van der Waals surface area contributed by atoms with E-state index in [-0.39, 0.29) is 22.9 Å². The Labute approximate surface area is 196 Å². The normalized spacial score (nSPS) is 12.0. The molecule has 0 spiro atoms. The van der Waals surface area contributed by atoms with Gasteiger partial charge in [0.05, 0.1) is 5.56 Å². The number of rotatable bonds is 7. The number of hydrogen-bond donors (Lipinski definition) is 2. The molecule has 6 nitrogen and oxygen atoms in total. The molecule has 1 heterocycles. The largest absolute Gasteiger partial charge is 0.438 e. The van der Waals surface area contributed by atoms with E-state index in [0.29, 0.717) is 13.0 Å². The smallest absolute Gasteiger partial charge is 0.416 e. The van der Waals surface area contributed by atoms with E-state index in [4.69, 9.17) is 4.74 Å².